The van der Waals surface area contributed by atoms with Crippen molar-refractivity contribution in [2.45, 2.75) is 12.5 Å². The number of fused-ring (bicyclic) bond motifs is 1. The lowest BCUT2D eigenvalue weighted by molar-refractivity contribution is -0.115. The van der Waals surface area contributed by atoms with E-state index in [0.717, 1.165) is 16.7 Å². The first kappa shape index (κ1) is 20.6. The molecule has 3 aromatic rings. The Kier molecular flexibility index (Phi) is 5.73. The molecule has 0 aromatic heterocycles. The lowest BCUT2D eigenvalue weighted by Gasteiger charge is -2.15. The number of aliphatic imine (C=N–C) groups is 1. The second-order valence-electron chi connectivity index (χ2n) is 7.38. The fraction of sp³-hybridized carbons (Fsp3) is 0.125. The lowest BCUT2D eigenvalue weighted by atomic mass is 9.90. The van der Waals surface area contributed by atoms with Gasteiger partial charge in [-0.15, -0.1) is 0 Å². The molecule has 1 atom stereocenters. The number of rotatable bonds is 5. The van der Waals surface area contributed by atoms with Crippen LogP contribution in [-0.2, 0) is 11.3 Å². The highest BCUT2D eigenvalue weighted by Crippen LogP contribution is 2.37. The Morgan fingerprint density at radius 3 is 2.48 bits per heavy atom. The summed E-state index contributed by atoms with van der Waals surface area (Å²) in [5.74, 6) is -0.685. The first-order valence-electron chi connectivity index (χ1n) is 9.76. The van der Waals surface area contributed by atoms with Crippen LogP contribution in [-0.4, -0.2) is 29.6 Å². The minimum Gasteiger partial charge on any atom is -0.351 e. The summed E-state index contributed by atoms with van der Waals surface area (Å²) >= 11 is 6.10. The number of carbonyl (C=O) groups excluding carboxylic acids is 2. The SMILES string of the molecule is CN(Cc1ccc(N=C(c2ccccc2)C2C(=O)Nc3cc(Cl)ccc32)cc1)C(N)=O. The van der Waals surface area contributed by atoms with Gasteiger partial charge in [0.1, 0.15) is 5.92 Å². The standard InChI is InChI=1S/C24H21ClN4O2/c1-29(24(26)31)14-15-7-10-18(11-8-15)27-22(16-5-3-2-4-6-16)21-19-12-9-17(25)13-20(19)28-23(21)30/h2-13,21H,14H2,1H3,(H2,26,31)(H,28,30). The smallest absolute Gasteiger partial charge is 0.314 e. The summed E-state index contributed by atoms with van der Waals surface area (Å²) in [5.41, 5.74) is 10.00. The highest BCUT2D eigenvalue weighted by molar-refractivity contribution is 6.31. The van der Waals surface area contributed by atoms with Crippen molar-refractivity contribution in [3.63, 3.8) is 0 Å². The highest BCUT2D eigenvalue weighted by atomic mass is 35.5. The third kappa shape index (κ3) is 4.44. The quantitative estimate of drug-likeness (QED) is 0.572. The predicted molar refractivity (Wildman–Crippen MR) is 123 cm³/mol. The number of nitrogens with zero attached hydrogens (tertiary/aromatic N) is 2. The lowest BCUT2D eigenvalue weighted by Crippen LogP contribution is -2.31. The van der Waals surface area contributed by atoms with Crippen LogP contribution in [0.3, 0.4) is 0 Å². The Bertz CT molecular complexity index is 1160. The van der Waals surface area contributed by atoms with Crippen molar-refractivity contribution >= 4 is 40.6 Å². The van der Waals surface area contributed by atoms with Crippen molar-refractivity contribution < 1.29 is 9.59 Å². The van der Waals surface area contributed by atoms with Gasteiger partial charge < -0.3 is 16.0 Å². The Hall–Kier alpha value is -3.64. The molecule has 0 saturated carbocycles. The maximum absolute atomic E-state index is 12.9. The third-order valence-corrected chi connectivity index (χ3v) is 5.41. The van der Waals surface area contributed by atoms with Crippen LogP contribution in [0.4, 0.5) is 16.2 Å². The fourth-order valence-electron chi connectivity index (χ4n) is 3.58. The Labute approximate surface area is 185 Å². The molecule has 0 bridgehead atoms. The molecule has 3 aromatic carbocycles. The summed E-state index contributed by atoms with van der Waals surface area (Å²) in [6.07, 6.45) is 0. The van der Waals surface area contributed by atoms with E-state index in [9.17, 15) is 9.59 Å². The van der Waals surface area contributed by atoms with Gasteiger partial charge in [0.15, 0.2) is 0 Å². The van der Waals surface area contributed by atoms with Gasteiger partial charge in [0.25, 0.3) is 0 Å². The zero-order valence-electron chi connectivity index (χ0n) is 16.9. The predicted octanol–water partition coefficient (Wildman–Crippen LogP) is 4.71. The van der Waals surface area contributed by atoms with Crippen molar-refractivity contribution in [1.29, 1.82) is 0 Å². The van der Waals surface area contributed by atoms with E-state index in [-0.39, 0.29) is 5.91 Å². The van der Waals surface area contributed by atoms with Gasteiger partial charge in [-0.1, -0.05) is 60.1 Å². The van der Waals surface area contributed by atoms with Gasteiger partial charge in [-0.05, 0) is 41.0 Å². The number of hydrogen-bond donors (Lipinski definition) is 2. The number of benzene rings is 3. The average Bonchev–Trinajstić information content (AvgIpc) is 3.08. The van der Waals surface area contributed by atoms with E-state index in [2.05, 4.69) is 5.32 Å². The molecule has 1 aliphatic heterocycles. The van der Waals surface area contributed by atoms with Gasteiger partial charge in [-0.25, -0.2) is 4.79 Å². The van der Waals surface area contributed by atoms with Gasteiger partial charge in [-0.3, -0.25) is 9.79 Å². The first-order chi connectivity index (χ1) is 14.9. The van der Waals surface area contributed by atoms with Gasteiger partial charge in [-0.2, -0.15) is 0 Å². The zero-order valence-corrected chi connectivity index (χ0v) is 17.6. The van der Waals surface area contributed by atoms with E-state index in [1.54, 1.807) is 19.2 Å². The molecule has 0 radical (unpaired) electrons. The number of nitrogens with one attached hydrogen (secondary N) is 1. The second kappa shape index (κ2) is 8.62. The largest absolute Gasteiger partial charge is 0.351 e. The normalized spacial score (nSPS) is 15.4. The van der Waals surface area contributed by atoms with Crippen LogP contribution in [0, 0.1) is 0 Å². The molecule has 0 spiro atoms. The van der Waals surface area contributed by atoms with Crippen LogP contribution in [0.25, 0.3) is 0 Å². The molecule has 7 heteroatoms. The number of amides is 3. The molecule has 6 nitrogen and oxygen atoms in total. The van der Waals surface area contributed by atoms with Crippen molar-refractivity contribution in [3.8, 4) is 0 Å². The maximum atomic E-state index is 12.9. The van der Waals surface area contributed by atoms with Crippen LogP contribution >= 0.6 is 11.6 Å². The van der Waals surface area contributed by atoms with Crippen LogP contribution < -0.4 is 11.1 Å². The molecule has 0 aliphatic carbocycles. The fourth-order valence-corrected chi connectivity index (χ4v) is 3.75. The molecule has 0 saturated heterocycles. The summed E-state index contributed by atoms with van der Waals surface area (Å²) in [5, 5.41) is 3.48. The Morgan fingerprint density at radius 2 is 1.81 bits per heavy atom. The molecule has 31 heavy (non-hydrogen) atoms. The molecule has 4 rings (SSSR count). The van der Waals surface area contributed by atoms with Crippen molar-refractivity contribution in [2.75, 3.05) is 12.4 Å². The van der Waals surface area contributed by atoms with Crippen molar-refractivity contribution in [2.24, 2.45) is 10.7 Å². The number of urea groups is 1. The van der Waals surface area contributed by atoms with E-state index in [4.69, 9.17) is 22.3 Å². The topological polar surface area (TPSA) is 87.8 Å². The summed E-state index contributed by atoms with van der Waals surface area (Å²) in [6, 6.07) is 22.1. The van der Waals surface area contributed by atoms with E-state index in [1.807, 2.05) is 60.7 Å². The number of primary amides is 1. The van der Waals surface area contributed by atoms with E-state index >= 15 is 0 Å². The average molecular weight is 433 g/mol. The first-order valence-corrected chi connectivity index (χ1v) is 10.1. The maximum Gasteiger partial charge on any atom is 0.314 e. The van der Waals surface area contributed by atoms with Gasteiger partial charge >= 0.3 is 6.03 Å². The molecular weight excluding hydrogens is 412 g/mol. The van der Waals surface area contributed by atoms with Gasteiger partial charge in [0.2, 0.25) is 5.91 Å². The van der Waals surface area contributed by atoms with Gasteiger partial charge in [0.05, 0.1) is 11.4 Å². The number of hydrogen-bond acceptors (Lipinski definition) is 3. The molecule has 3 amide bonds. The molecule has 1 heterocycles. The highest BCUT2D eigenvalue weighted by Gasteiger charge is 2.35. The number of halogens is 1. The van der Waals surface area contributed by atoms with Crippen LogP contribution in [0.2, 0.25) is 5.02 Å². The minimum atomic E-state index is -0.546. The number of nitrogens with two attached hydrogens (primary N) is 1. The summed E-state index contributed by atoms with van der Waals surface area (Å²) in [4.78, 5) is 30.4. The van der Waals surface area contributed by atoms with Crippen LogP contribution in [0.5, 0.6) is 0 Å². The molecular formula is C24H21ClN4O2. The monoisotopic (exact) mass is 432 g/mol. The second-order valence-corrected chi connectivity index (χ2v) is 7.81. The molecule has 3 N–H and O–H groups in total. The minimum absolute atomic E-state index is 0.139. The Balaban J connectivity index is 1.73. The Morgan fingerprint density at radius 1 is 1.10 bits per heavy atom. The summed E-state index contributed by atoms with van der Waals surface area (Å²) in [7, 11) is 1.64. The summed E-state index contributed by atoms with van der Waals surface area (Å²) in [6.45, 7) is 0.407. The molecule has 1 aliphatic rings. The molecule has 0 fully saturated rings. The van der Waals surface area contributed by atoms with Crippen LogP contribution in [0.1, 0.15) is 22.6 Å². The van der Waals surface area contributed by atoms with Crippen molar-refractivity contribution in [3.05, 3.63) is 94.5 Å². The number of anilines is 1. The van der Waals surface area contributed by atoms with Crippen LogP contribution in [0.15, 0.2) is 77.8 Å². The third-order valence-electron chi connectivity index (χ3n) is 5.17. The zero-order chi connectivity index (χ0) is 22.0. The van der Waals surface area contributed by atoms with Crippen molar-refractivity contribution in [1.82, 2.24) is 4.90 Å². The van der Waals surface area contributed by atoms with E-state index in [1.165, 1.54) is 4.90 Å². The van der Waals surface area contributed by atoms with Gasteiger partial charge in [0, 0.05) is 24.3 Å². The summed E-state index contributed by atoms with van der Waals surface area (Å²) < 4.78 is 0. The number of carbonyl (C=O) groups is 2. The molecule has 1 unspecified atom stereocenters. The van der Waals surface area contributed by atoms with E-state index in [0.29, 0.717) is 28.7 Å². The molecule has 156 valence electrons. The van der Waals surface area contributed by atoms with E-state index < -0.39 is 11.9 Å².